The van der Waals surface area contributed by atoms with Crippen molar-refractivity contribution in [2.45, 2.75) is 12.8 Å². The highest BCUT2D eigenvalue weighted by molar-refractivity contribution is 7.22. The number of carboxylic acids is 1. The zero-order valence-electron chi connectivity index (χ0n) is 17.3. The standard InChI is InChI=1S/C26H22N2O2S.ClH/c27-12-11-20-21-14-19(25-15-18-3-1-2-4-24(18)31-25)9-10-22(21)28-23(20)13-16-5-7-17(8-6-16)26(29)30;/h1-10,14-15,28H,11-13,27H2,(H,29,30);1H. The van der Waals surface area contributed by atoms with Crippen LogP contribution >= 0.6 is 23.7 Å². The van der Waals surface area contributed by atoms with Crippen LogP contribution in [0.25, 0.3) is 31.4 Å². The summed E-state index contributed by atoms with van der Waals surface area (Å²) in [5, 5.41) is 11.6. The van der Waals surface area contributed by atoms with Crippen molar-refractivity contribution < 1.29 is 9.90 Å². The molecule has 2 aromatic heterocycles. The molecular weight excluding hydrogens is 440 g/mol. The van der Waals surface area contributed by atoms with Gasteiger partial charge in [-0.2, -0.15) is 0 Å². The number of aromatic amines is 1. The van der Waals surface area contributed by atoms with Gasteiger partial charge in [-0.05, 0) is 71.4 Å². The molecule has 5 aromatic rings. The van der Waals surface area contributed by atoms with Crippen LogP contribution in [0.3, 0.4) is 0 Å². The van der Waals surface area contributed by atoms with Crippen LogP contribution < -0.4 is 5.73 Å². The zero-order chi connectivity index (χ0) is 21.4. The van der Waals surface area contributed by atoms with Crippen LogP contribution in [0.2, 0.25) is 0 Å². The van der Waals surface area contributed by atoms with Gasteiger partial charge in [0.05, 0.1) is 5.56 Å². The minimum atomic E-state index is -0.908. The largest absolute Gasteiger partial charge is 0.478 e. The minimum absolute atomic E-state index is 0. The summed E-state index contributed by atoms with van der Waals surface area (Å²) < 4.78 is 1.29. The molecule has 6 heteroatoms. The van der Waals surface area contributed by atoms with Gasteiger partial charge in [0.1, 0.15) is 0 Å². The topological polar surface area (TPSA) is 79.1 Å². The van der Waals surface area contributed by atoms with E-state index in [0.717, 1.165) is 23.2 Å². The highest BCUT2D eigenvalue weighted by atomic mass is 35.5. The number of carbonyl (C=O) groups is 1. The molecule has 3 aromatic carbocycles. The monoisotopic (exact) mass is 462 g/mol. The normalized spacial score (nSPS) is 11.0. The van der Waals surface area contributed by atoms with Crippen LogP contribution in [0, 0.1) is 0 Å². The van der Waals surface area contributed by atoms with Crippen molar-refractivity contribution in [2.24, 2.45) is 5.73 Å². The number of nitrogens with two attached hydrogens (primary N) is 1. The minimum Gasteiger partial charge on any atom is -0.478 e. The summed E-state index contributed by atoms with van der Waals surface area (Å²) in [6, 6.07) is 24.4. The SMILES string of the molecule is Cl.NCCc1c(Cc2ccc(C(=O)O)cc2)[nH]c2ccc(-c3cc4ccccc4s3)cc12. The quantitative estimate of drug-likeness (QED) is 0.278. The number of rotatable bonds is 6. The van der Waals surface area contributed by atoms with Gasteiger partial charge in [-0.3, -0.25) is 0 Å². The van der Waals surface area contributed by atoms with E-state index in [4.69, 9.17) is 10.8 Å². The first-order valence-corrected chi connectivity index (χ1v) is 11.1. The first-order chi connectivity index (χ1) is 15.1. The number of aromatic nitrogens is 1. The second kappa shape index (κ2) is 9.17. The molecule has 5 rings (SSSR count). The molecular formula is C26H23ClN2O2S. The van der Waals surface area contributed by atoms with Gasteiger partial charge < -0.3 is 15.8 Å². The predicted molar refractivity (Wildman–Crippen MR) is 135 cm³/mol. The van der Waals surface area contributed by atoms with Crippen molar-refractivity contribution in [1.82, 2.24) is 4.98 Å². The van der Waals surface area contributed by atoms with Crippen molar-refractivity contribution >= 4 is 50.7 Å². The predicted octanol–water partition coefficient (Wildman–Crippen LogP) is 6.26. The summed E-state index contributed by atoms with van der Waals surface area (Å²) in [4.78, 5) is 15.9. The van der Waals surface area contributed by atoms with E-state index in [0.29, 0.717) is 18.5 Å². The Hall–Kier alpha value is -3.12. The summed E-state index contributed by atoms with van der Waals surface area (Å²) in [7, 11) is 0. The van der Waals surface area contributed by atoms with E-state index in [2.05, 4.69) is 53.5 Å². The zero-order valence-corrected chi connectivity index (χ0v) is 18.9. The maximum atomic E-state index is 11.1. The number of carboxylic acid groups (broad SMARTS) is 1. The van der Waals surface area contributed by atoms with Crippen LogP contribution in [0.15, 0.2) is 72.8 Å². The third-order valence-electron chi connectivity index (χ3n) is 5.68. The molecule has 0 unspecified atom stereocenters. The Morgan fingerprint density at radius 2 is 1.78 bits per heavy atom. The first kappa shape index (κ1) is 22.1. The van der Waals surface area contributed by atoms with Gasteiger partial charge in [-0.25, -0.2) is 4.79 Å². The highest BCUT2D eigenvalue weighted by Crippen LogP contribution is 2.36. The molecule has 0 aliphatic carbocycles. The molecule has 4 N–H and O–H groups in total. The number of thiophene rings is 1. The fourth-order valence-corrected chi connectivity index (χ4v) is 5.19. The summed E-state index contributed by atoms with van der Waals surface area (Å²) in [5.41, 5.74) is 12.0. The fraction of sp³-hybridized carbons (Fsp3) is 0.115. The van der Waals surface area contributed by atoms with Crippen LogP contribution in [0.4, 0.5) is 0 Å². The summed E-state index contributed by atoms with van der Waals surface area (Å²) >= 11 is 1.81. The lowest BCUT2D eigenvalue weighted by Gasteiger charge is -2.05. The molecule has 0 saturated carbocycles. The molecule has 0 aliphatic heterocycles. The van der Waals surface area contributed by atoms with Crippen molar-refractivity contribution in [3.63, 3.8) is 0 Å². The number of H-pyrrole nitrogens is 1. The Morgan fingerprint density at radius 3 is 2.50 bits per heavy atom. The lowest BCUT2D eigenvalue weighted by atomic mass is 10.0. The molecule has 0 atom stereocenters. The van der Waals surface area contributed by atoms with Crippen LogP contribution in [0.1, 0.15) is 27.2 Å². The smallest absolute Gasteiger partial charge is 0.335 e. The van der Waals surface area contributed by atoms with Gasteiger partial charge in [0.25, 0.3) is 0 Å². The van der Waals surface area contributed by atoms with E-state index in [9.17, 15) is 4.79 Å². The van der Waals surface area contributed by atoms with E-state index < -0.39 is 5.97 Å². The number of halogens is 1. The van der Waals surface area contributed by atoms with E-state index in [1.54, 1.807) is 12.1 Å². The van der Waals surface area contributed by atoms with Crippen LogP contribution in [-0.4, -0.2) is 22.6 Å². The highest BCUT2D eigenvalue weighted by Gasteiger charge is 2.14. The summed E-state index contributed by atoms with van der Waals surface area (Å²) in [5.74, 6) is -0.908. The molecule has 0 saturated heterocycles. The Kier molecular flexibility index (Phi) is 6.33. The van der Waals surface area contributed by atoms with E-state index >= 15 is 0 Å². The number of fused-ring (bicyclic) bond motifs is 2. The molecule has 0 aliphatic rings. The third kappa shape index (κ3) is 4.15. The third-order valence-corrected chi connectivity index (χ3v) is 6.85. The fourth-order valence-electron chi connectivity index (χ4n) is 4.13. The van der Waals surface area contributed by atoms with Gasteiger partial charge in [0, 0.05) is 32.6 Å². The first-order valence-electron chi connectivity index (χ1n) is 10.3. The van der Waals surface area contributed by atoms with Crippen molar-refractivity contribution in [1.29, 1.82) is 0 Å². The molecule has 0 spiro atoms. The molecule has 0 radical (unpaired) electrons. The lowest BCUT2D eigenvalue weighted by molar-refractivity contribution is 0.0697. The van der Waals surface area contributed by atoms with E-state index in [-0.39, 0.29) is 12.4 Å². The molecule has 0 fully saturated rings. The number of benzene rings is 3. The van der Waals surface area contributed by atoms with Gasteiger partial charge in [0.15, 0.2) is 0 Å². The van der Waals surface area contributed by atoms with Crippen molar-refractivity contribution in [2.75, 3.05) is 6.54 Å². The molecule has 0 amide bonds. The average molecular weight is 463 g/mol. The number of hydrogen-bond acceptors (Lipinski definition) is 3. The average Bonchev–Trinajstić information content (AvgIpc) is 3.36. The second-order valence-electron chi connectivity index (χ2n) is 7.71. The Morgan fingerprint density at radius 1 is 1.00 bits per heavy atom. The lowest BCUT2D eigenvalue weighted by Crippen LogP contribution is -2.05. The Balaban J connectivity index is 0.00000245. The number of nitrogens with one attached hydrogen (secondary N) is 1. The summed E-state index contributed by atoms with van der Waals surface area (Å²) in [6.07, 6.45) is 1.50. The molecule has 32 heavy (non-hydrogen) atoms. The second-order valence-corrected chi connectivity index (χ2v) is 8.79. The Labute approximate surface area is 196 Å². The maximum absolute atomic E-state index is 11.1. The maximum Gasteiger partial charge on any atom is 0.335 e. The van der Waals surface area contributed by atoms with Crippen LogP contribution in [-0.2, 0) is 12.8 Å². The van der Waals surface area contributed by atoms with E-state index in [1.807, 2.05) is 23.5 Å². The molecule has 162 valence electrons. The number of aromatic carboxylic acids is 1. The van der Waals surface area contributed by atoms with Gasteiger partial charge in [-0.15, -0.1) is 23.7 Å². The van der Waals surface area contributed by atoms with Crippen molar-refractivity contribution in [3.05, 3.63) is 95.2 Å². The van der Waals surface area contributed by atoms with Crippen LogP contribution in [0.5, 0.6) is 0 Å². The van der Waals surface area contributed by atoms with Gasteiger partial charge in [-0.1, -0.05) is 36.4 Å². The Bertz CT molecular complexity index is 1370. The summed E-state index contributed by atoms with van der Waals surface area (Å²) in [6.45, 7) is 0.574. The number of hydrogen-bond donors (Lipinski definition) is 3. The van der Waals surface area contributed by atoms with E-state index in [1.165, 1.54) is 31.5 Å². The van der Waals surface area contributed by atoms with Gasteiger partial charge >= 0.3 is 5.97 Å². The van der Waals surface area contributed by atoms with Gasteiger partial charge in [0.2, 0.25) is 0 Å². The van der Waals surface area contributed by atoms with Crippen molar-refractivity contribution in [3.8, 4) is 10.4 Å². The molecule has 2 heterocycles. The molecule has 4 nitrogen and oxygen atoms in total. The molecule has 0 bridgehead atoms.